The number of anilines is 1. The van der Waals surface area contributed by atoms with Crippen LogP contribution in [0, 0.1) is 18.7 Å². The van der Waals surface area contributed by atoms with Gasteiger partial charge in [0.2, 0.25) is 11.9 Å². The minimum absolute atomic E-state index is 0.0635. The summed E-state index contributed by atoms with van der Waals surface area (Å²) >= 11 is 0. The van der Waals surface area contributed by atoms with E-state index in [1.807, 2.05) is 30.0 Å². The zero-order valence-corrected chi connectivity index (χ0v) is 18.7. The summed E-state index contributed by atoms with van der Waals surface area (Å²) in [6.07, 6.45) is -3.56. The lowest BCUT2D eigenvalue weighted by molar-refractivity contribution is -0.137. The number of aromatic nitrogens is 2. The molecule has 4 rings (SSSR count). The number of rotatable bonds is 5. The Hall–Kier alpha value is -3.43. The van der Waals surface area contributed by atoms with Crippen molar-refractivity contribution in [3.63, 3.8) is 0 Å². The molecule has 1 amide bonds. The number of halogens is 4. The van der Waals surface area contributed by atoms with Crippen LogP contribution < -0.4 is 15.0 Å². The molecule has 1 fully saturated rings. The van der Waals surface area contributed by atoms with E-state index in [0.717, 1.165) is 28.7 Å². The largest absolute Gasteiger partial charge is 0.497 e. The van der Waals surface area contributed by atoms with E-state index in [1.54, 1.807) is 7.11 Å². The summed E-state index contributed by atoms with van der Waals surface area (Å²) in [4.78, 5) is 23.9. The summed E-state index contributed by atoms with van der Waals surface area (Å²) < 4.78 is 57.5. The maximum Gasteiger partial charge on any atom is 0.416 e. The quantitative estimate of drug-likeness (QED) is 0.544. The Morgan fingerprint density at radius 3 is 2.56 bits per heavy atom. The predicted octanol–water partition coefficient (Wildman–Crippen LogP) is 4.64. The van der Waals surface area contributed by atoms with Crippen LogP contribution in [-0.2, 0) is 17.5 Å². The maximum atomic E-state index is 13.6. The first-order valence-electron chi connectivity index (χ1n) is 10.9. The highest BCUT2D eigenvalue weighted by Gasteiger charge is 2.31. The average molecular weight is 476 g/mol. The number of nitrogens with zero attached hydrogens (tertiary/aromatic N) is 3. The van der Waals surface area contributed by atoms with Crippen molar-refractivity contribution in [2.45, 2.75) is 32.5 Å². The molecule has 1 saturated heterocycles. The Morgan fingerprint density at radius 1 is 1.15 bits per heavy atom. The van der Waals surface area contributed by atoms with Gasteiger partial charge >= 0.3 is 6.18 Å². The van der Waals surface area contributed by atoms with Gasteiger partial charge < -0.3 is 15.0 Å². The van der Waals surface area contributed by atoms with Crippen molar-refractivity contribution in [3.05, 3.63) is 59.0 Å². The summed E-state index contributed by atoms with van der Waals surface area (Å²) in [6.45, 7) is 2.86. The first-order valence-corrected chi connectivity index (χ1v) is 10.9. The first kappa shape index (κ1) is 23.7. The van der Waals surface area contributed by atoms with Gasteiger partial charge in [-0.1, -0.05) is 0 Å². The number of carbonyl (C=O) groups excluding carboxylic acids is 1. The topological polar surface area (TPSA) is 67.3 Å². The van der Waals surface area contributed by atoms with Gasteiger partial charge in [0, 0.05) is 37.0 Å². The Kier molecular flexibility index (Phi) is 6.58. The van der Waals surface area contributed by atoms with E-state index in [4.69, 9.17) is 4.74 Å². The predicted molar refractivity (Wildman–Crippen MR) is 119 cm³/mol. The molecule has 34 heavy (non-hydrogen) atoms. The molecule has 0 bridgehead atoms. The molecule has 0 radical (unpaired) electrons. The van der Waals surface area contributed by atoms with E-state index < -0.39 is 17.6 Å². The smallest absolute Gasteiger partial charge is 0.416 e. The van der Waals surface area contributed by atoms with Gasteiger partial charge in [0.05, 0.1) is 23.9 Å². The van der Waals surface area contributed by atoms with Crippen LogP contribution in [-0.4, -0.2) is 36.1 Å². The van der Waals surface area contributed by atoms with Crippen molar-refractivity contribution in [3.8, 4) is 5.75 Å². The van der Waals surface area contributed by atoms with Crippen LogP contribution >= 0.6 is 0 Å². The standard InChI is InChI=1S/C24H24F4N4O2/c1-14-20-4-3-19(34-2)12-21(20)31-23(30-14)32-7-5-16(6-8-32)22(33)29-13-15-9-17(24(26,27)28)11-18(25)10-15/h3-4,9-12,16H,5-8,13H2,1-2H3,(H,29,33). The average Bonchev–Trinajstić information content (AvgIpc) is 2.81. The fourth-order valence-electron chi connectivity index (χ4n) is 4.11. The number of aryl methyl sites for hydroxylation is 1. The summed E-state index contributed by atoms with van der Waals surface area (Å²) in [5.74, 6) is -0.272. The van der Waals surface area contributed by atoms with Gasteiger partial charge in [-0.2, -0.15) is 13.2 Å². The Balaban J connectivity index is 1.38. The number of hydrogen-bond donors (Lipinski definition) is 1. The van der Waals surface area contributed by atoms with E-state index in [1.165, 1.54) is 0 Å². The molecule has 1 N–H and O–H groups in total. The number of hydrogen-bond acceptors (Lipinski definition) is 5. The lowest BCUT2D eigenvalue weighted by Crippen LogP contribution is -2.41. The van der Waals surface area contributed by atoms with Gasteiger partial charge in [0.25, 0.3) is 0 Å². The second kappa shape index (κ2) is 9.44. The van der Waals surface area contributed by atoms with Gasteiger partial charge in [0.1, 0.15) is 11.6 Å². The molecule has 0 unspecified atom stereocenters. The number of piperidine rings is 1. The van der Waals surface area contributed by atoms with Crippen LogP contribution in [0.3, 0.4) is 0 Å². The van der Waals surface area contributed by atoms with E-state index >= 15 is 0 Å². The number of methoxy groups -OCH3 is 1. The molecule has 1 aromatic heterocycles. The number of carbonyl (C=O) groups is 1. The number of nitrogens with one attached hydrogen (secondary N) is 1. The number of amides is 1. The molecule has 2 aromatic carbocycles. The van der Waals surface area contributed by atoms with Gasteiger partial charge in [-0.15, -0.1) is 0 Å². The summed E-state index contributed by atoms with van der Waals surface area (Å²) in [5.41, 5.74) is 0.604. The van der Waals surface area contributed by atoms with Crippen molar-refractivity contribution in [1.29, 1.82) is 0 Å². The van der Waals surface area contributed by atoms with Gasteiger partial charge in [-0.05, 0) is 55.7 Å². The SMILES string of the molecule is COc1ccc2c(C)nc(N3CCC(C(=O)NCc4cc(F)cc(C(F)(F)F)c4)CC3)nc2c1. The lowest BCUT2D eigenvalue weighted by Gasteiger charge is -2.31. The molecule has 10 heteroatoms. The molecular weight excluding hydrogens is 452 g/mol. The van der Waals surface area contributed by atoms with Crippen molar-refractivity contribution >= 4 is 22.8 Å². The molecule has 0 aliphatic carbocycles. The second-order valence-corrected chi connectivity index (χ2v) is 8.32. The van der Waals surface area contributed by atoms with Gasteiger partial charge in [-0.3, -0.25) is 4.79 Å². The highest BCUT2D eigenvalue weighted by Crippen LogP contribution is 2.31. The third-order valence-electron chi connectivity index (χ3n) is 5.98. The molecule has 1 aliphatic heterocycles. The maximum absolute atomic E-state index is 13.6. The highest BCUT2D eigenvalue weighted by atomic mass is 19.4. The third kappa shape index (κ3) is 5.21. The van der Waals surface area contributed by atoms with Crippen molar-refractivity contribution in [1.82, 2.24) is 15.3 Å². The van der Waals surface area contributed by atoms with E-state index in [-0.39, 0.29) is 23.9 Å². The zero-order valence-electron chi connectivity index (χ0n) is 18.7. The minimum atomic E-state index is -4.65. The fourth-order valence-corrected chi connectivity index (χ4v) is 4.11. The van der Waals surface area contributed by atoms with Crippen LogP contribution in [0.2, 0.25) is 0 Å². The van der Waals surface area contributed by atoms with Crippen molar-refractivity contribution in [2.75, 3.05) is 25.1 Å². The van der Waals surface area contributed by atoms with Gasteiger partial charge in [-0.25, -0.2) is 14.4 Å². The second-order valence-electron chi connectivity index (χ2n) is 8.32. The van der Waals surface area contributed by atoms with Crippen LogP contribution in [0.1, 0.15) is 29.7 Å². The number of ether oxygens (including phenoxy) is 1. The molecule has 2 heterocycles. The molecule has 1 aliphatic rings. The van der Waals surface area contributed by atoms with Crippen LogP contribution in [0.15, 0.2) is 36.4 Å². The van der Waals surface area contributed by atoms with Crippen molar-refractivity contribution < 1.29 is 27.1 Å². The number of alkyl halides is 3. The monoisotopic (exact) mass is 476 g/mol. The molecular formula is C24H24F4N4O2. The third-order valence-corrected chi connectivity index (χ3v) is 5.98. The van der Waals surface area contributed by atoms with E-state index in [0.29, 0.717) is 43.7 Å². The minimum Gasteiger partial charge on any atom is -0.497 e. The van der Waals surface area contributed by atoms with Gasteiger partial charge in [0.15, 0.2) is 0 Å². The highest BCUT2D eigenvalue weighted by molar-refractivity contribution is 5.83. The summed E-state index contributed by atoms with van der Waals surface area (Å²) in [5, 5.41) is 3.57. The molecule has 3 aromatic rings. The van der Waals surface area contributed by atoms with Crippen LogP contribution in [0.5, 0.6) is 5.75 Å². The Morgan fingerprint density at radius 2 is 1.88 bits per heavy atom. The molecule has 0 atom stereocenters. The Labute approximate surface area is 193 Å². The fraction of sp³-hybridized carbons (Fsp3) is 0.375. The molecule has 0 saturated carbocycles. The van der Waals surface area contributed by atoms with E-state index in [2.05, 4.69) is 15.3 Å². The van der Waals surface area contributed by atoms with Crippen LogP contribution in [0.4, 0.5) is 23.5 Å². The molecule has 180 valence electrons. The van der Waals surface area contributed by atoms with E-state index in [9.17, 15) is 22.4 Å². The number of benzene rings is 2. The normalized spacial score (nSPS) is 14.9. The Bertz CT molecular complexity index is 1210. The van der Waals surface area contributed by atoms with Crippen molar-refractivity contribution in [2.24, 2.45) is 5.92 Å². The molecule has 0 spiro atoms. The number of fused-ring (bicyclic) bond motifs is 1. The zero-order chi connectivity index (χ0) is 24.5. The summed E-state index contributed by atoms with van der Waals surface area (Å²) in [7, 11) is 1.59. The first-order chi connectivity index (χ1) is 16.1. The lowest BCUT2D eigenvalue weighted by atomic mass is 9.96. The van der Waals surface area contributed by atoms with Crippen LogP contribution in [0.25, 0.3) is 10.9 Å². The summed E-state index contributed by atoms with van der Waals surface area (Å²) in [6, 6.07) is 7.90. The molecule has 6 nitrogen and oxygen atoms in total.